The van der Waals surface area contributed by atoms with E-state index in [4.69, 9.17) is 29.6 Å². The molecule has 0 bridgehead atoms. The number of rotatable bonds is 6. The highest BCUT2D eigenvalue weighted by Gasteiger charge is 2.24. The second-order valence-electron chi connectivity index (χ2n) is 4.47. The predicted molar refractivity (Wildman–Crippen MR) is 83.5 cm³/mol. The summed E-state index contributed by atoms with van der Waals surface area (Å²) >= 11 is 10.8. The molecule has 3 N–H and O–H groups in total. The Kier molecular flexibility index (Phi) is 5.91. The molecule has 1 unspecified atom stereocenters. The molecule has 1 atom stereocenters. The number of thiocarbonyl (C=S) groups is 1. The Morgan fingerprint density at radius 3 is 2.60 bits per heavy atom. The lowest BCUT2D eigenvalue weighted by Gasteiger charge is -2.19. The van der Waals surface area contributed by atoms with Crippen molar-refractivity contribution in [3.05, 3.63) is 28.8 Å². The van der Waals surface area contributed by atoms with Crippen molar-refractivity contribution >= 4 is 38.8 Å². The van der Waals surface area contributed by atoms with Crippen LogP contribution in [-0.2, 0) is 10.0 Å². The molecule has 0 spiro atoms. The van der Waals surface area contributed by atoms with Crippen molar-refractivity contribution in [2.24, 2.45) is 5.73 Å². The fourth-order valence-corrected chi connectivity index (χ4v) is 3.35. The van der Waals surface area contributed by atoms with E-state index in [-0.39, 0.29) is 21.5 Å². The first-order valence-corrected chi connectivity index (χ1v) is 8.12. The number of hydrogen-bond acceptors (Lipinski definition) is 4. The topological polar surface area (TPSA) is 83.6 Å². The van der Waals surface area contributed by atoms with Crippen molar-refractivity contribution in [1.82, 2.24) is 4.31 Å². The number of aliphatic hydroxyl groups excluding tert-OH is 1. The molecule has 112 valence electrons. The zero-order chi connectivity index (χ0) is 15.5. The van der Waals surface area contributed by atoms with Crippen LogP contribution in [0.15, 0.2) is 23.1 Å². The van der Waals surface area contributed by atoms with Crippen molar-refractivity contribution in [1.29, 1.82) is 0 Å². The molecule has 0 saturated heterocycles. The first kappa shape index (κ1) is 17.3. The van der Waals surface area contributed by atoms with Gasteiger partial charge in [-0.2, -0.15) is 0 Å². The van der Waals surface area contributed by atoms with Gasteiger partial charge in [0.1, 0.15) is 9.88 Å². The average molecular weight is 337 g/mol. The quantitative estimate of drug-likeness (QED) is 0.766. The first-order valence-electron chi connectivity index (χ1n) is 5.90. The van der Waals surface area contributed by atoms with Crippen molar-refractivity contribution < 1.29 is 13.5 Å². The number of hydrogen-bond donors (Lipinski definition) is 2. The number of nitrogens with zero attached hydrogens (tertiary/aromatic N) is 1. The lowest BCUT2D eigenvalue weighted by molar-refractivity contribution is 0.177. The Labute approximate surface area is 129 Å². The molecule has 0 aliphatic rings. The minimum atomic E-state index is -3.70. The third kappa shape index (κ3) is 4.13. The predicted octanol–water partition coefficient (Wildman–Crippen LogP) is 1.37. The van der Waals surface area contributed by atoms with Crippen LogP contribution in [0, 0.1) is 0 Å². The smallest absolute Gasteiger partial charge is 0.244 e. The SMILES string of the molecule is CC(O)CCN(C)S(=O)(=O)c1ccc(C(N)=S)cc1Cl. The summed E-state index contributed by atoms with van der Waals surface area (Å²) < 4.78 is 25.8. The van der Waals surface area contributed by atoms with Crippen LogP contribution < -0.4 is 5.73 Å². The van der Waals surface area contributed by atoms with Gasteiger partial charge in [0, 0.05) is 19.2 Å². The van der Waals surface area contributed by atoms with Gasteiger partial charge in [-0.15, -0.1) is 0 Å². The zero-order valence-corrected chi connectivity index (χ0v) is 13.6. The van der Waals surface area contributed by atoms with Crippen LogP contribution in [0.25, 0.3) is 0 Å². The van der Waals surface area contributed by atoms with Crippen LogP contribution >= 0.6 is 23.8 Å². The van der Waals surface area contributed by atoms with Gasteiger partial charge < -0.3 is 10.8 Å². The van der Waals surface area contributed by atoms with Gasteiger partial charge in [-0.1, -0.05) is 29.9 Å². The molecular formula is C12H17ClN2O3S2. The molecule has 0 fully saturated rings. The maximum Gasteiger partial charge on any atom is 0.244 e. The van der Waals surface area contributed by atoms with Crippen LogP contribution in [0.4, 0.5) is 0 Å². The highest BCUT2D eigenvalue weighted by atomic mass is 35.5. The maximum atomic E-state index is 12.3. The van der Waals surface area contributed by atoms with E-state index in [1.807, 2.05) is 0 Å². The summed E-state index contributed by atoms with van der Waals surface area (Å²) in [6.07, 6.45) is -0.224. The lowest BCUT2D eigenvalue weighted by Crippen LogP contribution is -2.29. The summed E-state index contributed by atoms with van der Waals surface area (Å²) in [5.74, 6) is 0. The van der Waals surface area contributed by atoms with Crippen LogP contribution in [-0.4, -0.2) is 42.5 Å². The second kappa shape index (κ2) is 6.82. The Hall–Kier alpha value is -0.730. The van der Waals surface area contributed by atoms with E-state index in [0.29, 0.717) is 12.0 Å². The van der Waals surface area contributed by atoms with Crippen molar-refractivity contribution in [3.8, 4) is 0 Å². The fraction of sp³-hybridized carbons (Fsp3) is 0.417. The number of benzene rings is 1. The van der Waals surface area contributed by atoms with Gasteiger partial charge >= 0.3 is 0 Å². The Morgan fingerprint density at radius 1 is 1.55 bits per heavy atom. The van der Waals surface area contributed by atoms with E-state index in [2.05, 4.69) is 0 Å². The number of halogens is 1. The first-order chi connectivity index (χ1) is 9.16. The van der Waals surface area contributed by atoms with Gasteiger partial charge in [-0.05, 0) is 25.5 Å². The molecule has 1 aromatic carbocycles. The van der Waals surface area contributed by atoms with Crippen molar-refractivity contribution in [3.63, 3.8) is 0 Å². The zero-order valence-electron chi connectivity index (χ0n) is 11.2. The molecule has 1 aromatic rings. The molecule has 0 radical (unpaired) electrons. The third-order valence-electron chi connectivity index (χ3n) is 2.77. The minimum absolute atomic E-state index is 0.00717. The molecule has 0 saturated carbocycles. The van der Waals surface area contributed by atoms with E-state index in [1.165, 1.54) is 25.2 Å². The van der Waals surface area contributed by atoms with Gasteiger partial charge in [0.05, 0.1) is 11.1 Å². The third-order valence-corrected chi connectivity index (χ3v) is 5.34. The lowest BCUT2D eigenvalue weighted by atomic mass is 10.2. The maximum absolute atomic E-state index is 12.3. The highest BCUT2D eigenvalue weighted by molar-refractivity contribution is 7.89. The van der Waals surface area contributed by atoms with Crippen molar-refractivity contribution in [2.45, 2.75) is 24.3 Å². The molecule has 1 rings (SSSR count). The van der Waals surface area contributed by atoms with Gasteiger partial charge in [-0.3, -0.25) is 0 Å². The summed E-state index contributed by atoms with van der Waals surface area (Å²) in [6.45, 7) is 1.80. The summed E-state index contributed by atoms with van der Waals surface area (Å²) in [4.78, 5) is 0.144. The minimum Gasteiger partial charge on any atom is -0.393 e. The van der Waals surface area contributed by atoms with Crippen LogP contribution in [0.5, 0.6) is 0 Å². The molecule has 0 aliphatic heterocycles. The number of sulfonamides is 1. The fourth-order valence-electron chi connectivity index (χ4n) is 1.52. The highest BCUT2D eigenvalue weighted by Crippen LogP contribution is 2.25. The van der Waals surface area contributed by atoms with Crippen LogP contribution in [0.3, 0.4) is 0 Å². The van der Waals surface area contributed by atoms with Gasteiger partial charge in [-0.25, -0.2) is 12.7 Å². The van der Waals surface area contributed by atoms with E-state index in [9.17, 15) is 13.5 Å². The molecule has 8 heteroatoms. The van der Waals surface area contributed by atoms with E-state index >= 15 is 0 Å². The van der Waals surface area contributed by atoms with Crippen LogP contribution in [0.1, 0.15) is 18.9 Å². The molecule has 0 aliphatic carbocycles. The Morgan fingerprint density at radius 2 is 2.15 bits per heavy atom. The van der Waals surface area contributed by atoms with Gasteiger partial charge in [0.15, 0.2) is 0 Å². The monoisotopic (exact) mass is 336 g/mol. The normalized spacial score (nSPS) is 13.4. The Balaban J connectivity index is 3.06. The van der Waals surface area contributed by atoms with E-state index in [0.717, 1.165) is 4.31 Å². The molecule has 0 aromatic heterocycles. The molecule has 0 amide bonds. The summed E-state index contributed by atoms with van der Waals surface area (Å²) in [6, 6.07) is 4.33. The molecule has 5 nitrogen and oxygen atoms in total. The molecule has 20 heavy (non-hydrogen) atoms. The second-order valence-corrected chi connectivity index (χ2v) is 7.33. The van der Waals surface area contributed by atoms with Gasteiger partial charge in [0.25, 0.3) is 0 Å². The largest absolute Gasteiger partial charge is 0.393 e. The van der Waals surface area contributed by atoms with E-state index in [1.54, 1.807) is 6.92 Å². The van der Waals surface area contributed by atoms with Crippen molar-refractivity contribution in [2.75, 3.05) is 13.6 Å². The number of nitrogens with two attached hydrogens (primary N) is 1. The standard InChI is InChI=1S/C12H17ClN2O3S2/c1-8(16)5-6-15(2)20(17,18)11-4-3-9(12(14)19)7-10(11)13/h3-4,7-8,16H,5-6H2,1-2H3,(H2,14,19). The Bertz CT molecular complexity index is 603. The number of aliphatic hydroxyl groups is 1. The average Bonchev–Trinajstić information content (AvgIpc) is 2.35. The molecule has 0 heterocycles. The van der Waals surface area contributed by atoms with Gasteiger partial charge in [0.2, 0.25) is 10.0 Å². The summed E-state index contributed by atoms with van der Waals surface area (Å²) in [7, 11) is -2.26. The van der Waals surface area contributed by atoms with E-state index < -0.39 is 16.1 Å². The summed E-state index contributed by atoms with van der Waals surface area (Å²) in [5, 5.41) is 9.28. The summed E-state index contributed by atoms with van der Waals surface area (Å²) in [5.41, 5.74) is 5.98. The van der Waals surface area contributed by atoms with Crippen LogP contribution in [0.2, 0.25) is 5.02 Å². The molecular weight excluding hydrogens is 320 g/mol.